The molecule has 3 aliphatic carbocycles. The van der Waals surface area contributed by atoms with Crippen LogP contribution in [0.3, 0.4) is 0 Å². The Morgan fingerprint density at radius 1 is 0.964 bits per heavy atom. The molecule has 0 fully saturated rings. The molecule has 5 rings (SSSR count). The molecule has 0 radical (unpaired) electrons. The minimum atomic E-state index is 0.585. The average molecular weight is 476 g/mol. The number of halogens is 1. The van der Waals surface area contributed by atoms with Gasteiger partial charge in [0.15, 0.2) is 0 Å². The maximum absolute atomic E-state index is 4.21. The highest BCUT2D eigenvalue weighted by Crippen LogP contribution is 2.48. The Balaban J connectivity index is 1.71. The first-order valence-corrected chi connectivity index (χ1v) is 11.4. The minimum Gasteiger partial charge on any atom is -0.0917 e. The fourth-order valence-corrected chi connectivity index (χ4v) is 6.02. The molecule has 3 aliphatic rings. The van der Waals surface area contributed by atoms with Crippen LogP contribution in [0, 0.1) is 0 Å². The van der Waals surface area contributed by atoms with Crippen molar-refractivity contribution in [2.24, 2.45) is 0 Å². The fourth-order valence-electron chi connectivity index (χ4n) is 5.09. The van der Waals surface area contributed by atoms with Gasteiger partial charge in [-0.15, -0.1) is 0 Å². The molecule has 2 unspecified atom stereocenters. The SMILES string of the molecule is C=C1C=C(I)CC2CC(C/C=C\1)c1cc(C3=CCCC=C3)cc3cccc2c13. The number of benzene rings is 2. The lowest BCUT2D eigenvalue weighted by atomic mass is 9.72. The molecule has 0 amide bonds. The van der Waals surface area contributed by atoms with Gasteiger partial charge in [0.05, 0.1) is 0 Å². The molecule has 2 aromatic rings. The van der Waals surface area contributed by atoms with Crippen molar-refractivity contribution in [3.8, 4) is 0 Å². The van der Waals surface area contributed by atoms with Crippen molar-refractivity contribution >= 4 is 38.9 Å². The number of hydrogen-bond acceptors (Lipinski definition) is 0. The molecule has 0 N–H and O–H groups in total. The molecule has 0 nitrogen and oxygen atoms in total. The summed E-state index contributed by atoms with van der Waals surface area (Å²) in [5.41, 5.74) is 6.98. The third-order valence-electron chi connectivity index (χ3n) is 6.35. The van der Waals surface area contributed by atoms with Crippen molar-refractivity contribution in [3.63, 3.8) is 0 Å². The zero-order valence-electron chi connectivity index (χ0n) is 16.1. The molecule has 0 heterocycles. The Labute approximate surface area is 181 Å². The molecule has 2 atom stereocenters. The van der Waals surface area contributed by atoms with Crippen LogP contribution in [0.5, 0.6) is 0 Å². The monoisotopic (exact) mass is 476 g/mol. The molecule has 0 spiro atoms. The molecule has 0 aromatic heterocycles. The highest BCUT2D eigenvalue weighted by Gasteiger charge is 2.29. The first-order valence-electron chi connectivity index (χ1n) is 10.3. The topological polar surface area (TPSA) is 0 Å². The maximum Gasteiger partial charge on any atom is -0.00822 e. The maximum atomic E-state index is 4.21. The smallest absolute Gasteiger partial charge is 0.00822 e. The standard InChI is InChI=1S/C27H25I/c1-18-7-5-10-20-14-23(16-24(28)13-18)25-12-6-11-21-15-22(17-26(20)27(21)25)19-8-3-2-4-9-19/h3,5-9,11-13,15,17,20,23H,1-2,4,10,14,16H2/b7-5-,24-13?. The minimum absolute atomic E-state index is 0.585. The van der Waals surface area contributed by atoms with E-state index < -0.39 is 0 Å². The van der Waals surface area contributed by atoms with Gasteiger partial charge in [0.2, 0.25) is 0 Å². The second-order valence-electron chi connectivity index (χ2n) is 8.29. The summed E-state index contributed by atoms with van der Waals surface area (Å²) in [6.07, 6.45) is 19.6. The van der Waals surface area contributed by atoms with Crippen LogP contribution in [-0.2, 0) is 0 Å². The van der Waals surface area contributed by atoms with Gasteiger partial charge in [-0.1, -0.05) is 61.2 Å². The van der Waals surface area contributed by atoms with Gasteiger partial charge in [-0.25, -0.2) is 0 Å². The largest absolute Gasteiger partial charge is 0.0917 e. The molecule has 0 saturated carbocycles. The molecule has 1 heteroatoms. The predicted molar refractivity (Wildman–Crippen MR) is 130 cm³/mol. The summed E-state index contributed by atoms with van der Waals surface area (Å²) in [6, 6.07) is 11.8. The Morgan fingerprint density at radius 3 is 2.75 bits per heavy atom. The van der Waals surface area contributed by atoms with E-state index in [-0.39, 0.29) is 0 Å². The van der Waals surface area contributed by atoms with Crippen molar-refractivity contribution in [1.82, 2.24) is 0 Å². The third-order valence-corrected chi connectivity index (χ3v) is 7.10. The Morgan fingerprint density at radius 2 is 1.89 bits per heavy atom. The molecule has 2 bridgehead atoms. The second kappa shape index (κ2) is 7.51. The molecule has 140 valence electrons. The van der Waals surface area contributed by atoms with Crippen LogP contribution in [0.4, 0.5) is 0 Å². The number of fused-ring (bicyclic) bond motifs is 4. The van der Waals surface area contributed by atoms with Gasteiger partial charge in [0, 0.05) is 0 Å². The van der Waals surface area contributed by atoms with Crippen molar-refractivity contribution < 1.29 is 0 Å². The van der Waals surface area contributed by atoms with E-state index in [1.807, 2.05) is 0 Å². The van der Waals surface area contributed by atoms with Gasteiger partial charge in [-0.3, -0.25) is 0 Å². The Kier molecular flexibility index (Phi) is 4.88. The van der Waals surface area contributed by atoms with E-state index in [4.69, 9.17) is 0 Å². The zero-order valence-corrected chi connectivity index (χ0v) is 18.3. The van der Waals surface area contributed by atoms with Crippen molar-refractivity contribution in [2.75, 3.05) is 0 Å². The van der Waals surface area contributed by atoms with Crippen molar-refractivity contribution in [1.29, 1.82) is 0 Å². The quantitative estimate of drug-likeness (QED) is 0.363. The summed E-state index contributed by atoms with van der Waals surface area (Å²) in [4.78, 5) is 0. The van der Waals surface area contributed by atoms with Crippen LogP contribution in [0.15, 0.2) is 82.5 Å². The first-order chi connectivity index (χ1) is 13.7. The highest BCUT2D eigenvalue weighted by atomic mass is 127. The average Bonchev–Trinajstić information content (AvgIpc) is 2.71. The molecule has 2 aromatic carbocycles. The van der Waals surface area contributed by atoms with Crippen LogP contribution in [0.25, 0.3) is 16.3 Å². The second-order valence-corrected chi connectivity index (χ2v) is 9.67. The van der Waals surface area contributed by atoms with E-state index in [2.05, 4.69) is 96.0 Å². The number of allylic oxidation sites excluding steroid dienone is 9. The van der Waals surface area contributed by atoms with Gasteiger partial charge in [-0.2, -0.15) is 0 Å². The predicted octanol–water partition coefficient (Wildman–Crippen LogP) is 8.37. The molecular formula is C27H25I. The van der Waals surface area contributed by atoms with Gasteiger partial charge in [0.1, 0.15) is 0 Å². The lowest BCUT2D eigenvalue weighted by molar-refractivity contribution is 0.526. The fraction of sp³-hybridized carbons (Fsp3) is 0.259. The van der Waals surface area contributed by atoms with E-state index in [0.717, 1.165) is 24.8 Å². The Hall–Kier alpha value is -1.87. The Bertz CT molecular complexity index is 1080. The highest BCUT2D eigenvalue weighted by molar-refractivity contribution is 14.1. The number of rotatable bonds is 1. The van der Waals surface area contributed by atoms with Gasteiger partial charge >= 0.3 is 0 Å². The summed E-state index contributed by atoms with van der Waals surface area (Å²) in [7, 11) is 0. The zero-order chi connectivity index (χ0) is 19.1. The molecule has 28 heavy (non-hydrogen) atoms. The lowest BCUT2D eigenvalue weighted by Gasteiger charge is -2.33. The third kappa shape index (κ3) is 3.34. The summed E-state index contributed by atoms with van der Waals surface area (Å²) in [5.74, 6) is 1.19. The van der Waals surface area contributed by atoms with Gasteiger partial charge in [0.25, 0.3) is 0 Å². The van der Waals surface area contributed by atoms with Crippen molar-refractivity contribution in [3.05, 3.63) is 99.2 Å². The van der Waals surface area contributed by atoms with Crippen LogP contribution in [-0.4, -0.2) is 0 Å². The van der Waals surface area contributed by atoms with Gasteiger partial charge < -0.3 is 0 Å². The van der Waals surface area contributed by atoms with E-state index in [9.17, 15) is 0 Å². The first kappa shape index (κ1) is 18.2. The van der Waals surface area contributed by atoms with E-state index in [1.165, 1.54) is 38.3 Å². The molecule has 0 saturated heterocycles. The van der Waals surface area contributed by atoms with Crippen LogP contribution in [0.2, 0.25) is 0 Å². The van der Waals surface area contributed by atoms with Crippen LogP contribution < -0.4 is 0 Å². The summed E-state index contributed by atoms with van der Waals surface area (Å²) in [5, 5.41) is 2.92. The lowest BCUT2D eigenvalue weighted by Crippen LogP contribution is -2.15. The van der Waals surface area contributed by atoms with Crippen LogP contribution in [0.1, 0.15) is 60.6 Å². The summed E-state index contributed by atoms with van der Waals surface area (Å²) >= 11 is 2.51. The van der Waals surface area contributed by atoms with Crippen LogP contribution >= 0.6 is 22.6 Å². The molecule has 0 aliphatic heterocycles. The van der Waals surface area contributed by atoms with Gasteiger partial charge in [-0.05, 0) is 121 Å². The normalized spacial score (nSPS) is 25.2. The number of hydrogen-bond donors (Lipinski definition) is 0. The molecular weight excluding hydrogens is 451 g/mol. The summed E-state index contributed by atoms with van der Waals surface area (Å²) < 4.78 is 1.41. The van der Waals surface area contributed by atoms with E-state index in [0.29, 0.717) is 11.8 Å². The van der Waals surface area contributed by atoms with E-state index in [1.54, 1.807) is 11.1 Å². The van der Waals surface area contributed by atoms with Crippen molar-refractivity contribution in [2.45, 2.75) is 43.9 Å². The van der Waals surface area contributed by atoms with E-state index >= 15 is 0 Å². The summed E-state index contributed by atoms with van der Waals surface area (Å²) in [6.45, 7) is 4.21.